The number of aromatic nitrogens is 1. The maximum absolute atomic E-state index is 11.8. The molecule has 1 aromatic rings. The molecule has 5 heteroatoms. The van der Waals surface area contributed by atoms with Gasteiger partial charge in [0.1, 0.15) is 5.82 Å². The fourth-order valence-electron chi connectivity index (χ4n) is 3.16. The molecule has 0 bridgehead atoms. The molecule has 116 valence electrons. The summed E-state index contributed by atoms with van der Waals surface area (Å²) < 4.78 is 0. The summed E-state index contributed by atoms with van der Waals surface area (Å²) in [5, 5.41) is 2.66. The Balaban J connectivity index is 2.17. The van der Waals surface area contributed by atoms with Crippen LogP contribution in [0.5, 0.6) is 0 Å². The average Bonchev–Trinajstić information content (AvgIpc) is 2.91. The number of amides is 1. The van der Waals surface area contributed by atoms with Crippen molar-refractivity contribution in [2.45, 2.75) is 25.8 Å². The van der Waals surface area contributed by atoms with Crippen LogP contribution in [0.4, 0.5) is 5.82 Å². The normalized spacial score (nSPS) is 21.9. The molecule has 0 saturated carbocycles. The lowest BCUT2D eigenvalue weighted by atomic mass is 9.98. The van der Waals surface area contributed by atoms with Crippen molar-refractivity contribution in [3.8, 4) is 0 Å². The van der Waals surface area contributed by atoms with Gasteiger partial charge in [0.2, 0.25) is 0 Å². The number of hydrogen-bond donors (Lipinski definition) is 1. The molecular weight excluding hydrogens is 264 g/mol. The molecule has 1 saturated heterocycles. The van der Waals surface area contributed by atoms with E-state index in [0.717, 1.165) is 18.9 Å². The van der Waals surface area contributed by atoms with E-state index in [-0.39, 0.29) is 5.91 Å². The van der Waals surface area contributed by atoms with Crippen molar-refractivity contribution in [2.75, 3.05) is 39.1 Å². The molecule has 21 heavy (non-hydrogen) atoms. The van der Waals surface area contributed by atoms with Crippen molar-refractivity contribution in [3.05, 3.63) is 23.9 Å². The minimum atomic E-state index is -0.0629. The summed E-state index contributed by atoms with van der Waals surface area (Å²) in [6.45, 7) is 4.22. The first-order valence-corrected chi connectivity index (χ1v) is 7.66. The highest BCUT2D eigenvalue weighted by Crippen LogP contribution is 2.28. The summed E-state index contributed by atoms with van der Waals surface area (Å²) >= 11 is 0. The summed E-state index contributed by atoms with van der Waals surface area (Å²) in [4.78, 5) is 20.8. The smallest absolute Gasteiger partial charge is 0.251 e. The van der Waals surface area contributed by atoms with Gasteiger partial charge in [-0.05, 0) is 38.6 Å². The van der Waals surface area contributed by atoms with Crippen LogP contribution in [-0.2, 0) is 0 Å². The highest BCUT2D eigenvalue weighted by atomic mass is 16.1. The number of carbonyl (C=O) groups excluding carboxylic acids is 1. The van der Waals surface area contributed by atoms with Crippen molar-refractivity contribution in [1.82, 2.24) is 15.2 Å². The SMILES string of the molecule is CCC[C@H]1CN(c2cc(C(=O)NC)ccn2)C[C@@H]1N(C)C. The van der Waals surface area contributed by atoms with Gasteiger partial charge in [0.25, 0.3) is 5.91 Å². The van der Waals surface area contributed by atoms with Gasteiger partial charge in [-0.2, -0.15) is 0 Å². The van der Waals surface area contributed by atoms with E-state index in [4.69, 9.17) is 0 Å². The average molecular weight is 290 g/mol. The van der Waals surface area contributed by atoms with Crippen molar-refractivity contribution >= 4 is 11.7 Å². The molecule has 2 rings (SSSR count). The van der Waals surface area contributed by atoms with Crippen LogP contribution < -0.4 is 10.2 Å². The molecule has 1 aliphatic rings. The molecule has 0 aliphatic carbocycles. The van der Waals surface area contributed by atoms with E-state index in [1.54, 1.807) is 19.3 Å². The first-order valence-electron chi connectivity index (χ1n) is 7.66. The number of carbonyl (C=O) groups is 1. The third-order valence-electron chi connectivity index (χ3n) is 4.29. The standard InChI is InChI=1S/C16H26N4O/c1-5-6-13-10-20(11-14(13)19(3)4)15-9-12(7-8-18-15)16(21)17-2/h7-9,13-14H,5-6,10-11H2,1-4H3,(H,17,21)/t13-,14-/m0/s1. The lowest BCUT2D eigenvalue weighted by Crippen LogP contribution is -2.35. The van der Waals surface area contributed by atoms with Gasteiger partial charge in [-0.1, -0.05) is 13.3 Å². The van der Waals surface area contributed by atoms with E-state index in [1.165, 1.54) is 12.8 Å². The van der Waals surface area contributed by atoms with Gasteiger partial charge in [-0.15, -0.1) is 0 Å². The maximum atomic E-state index is 11.8. The van der Waals surface area contributed by atoms with Crippen LogP contribution >= 0.6 is 0 Å². The van der Waals surface area contributed by atoms with E-state index in [0.29, 0.717) is 17.5 Å². The zero-order chi connectivity index (χ0) is 15.4. The summed E-state index contributed by atoms with van der Waals surface area (Å²) in [6, 6.07) is 4.20. The zero-order valence-electron chi connectivity index (χ0n) is 13.5. The number of nitrogens with one attached hydrogen (secondary N) is 1. The van der Waals surface area contributed by atoms with Crippen LogP contribution in [0.1, 0.15) is 30.1 Å². The molecule has 0 unspecified atom stereocenters. The fraction of sp³-hybridized carbons (Fsp3) is 0.625. The van der Waals surface area contributed by atoms with Crippen molar-refractivity contribution in [1.29, 1.82) is 0 Å². The number of nitrogens with zero attached hydrogens (tertiary/aromatic N) is 3. The predicted octanol–water partition coefficient (Wildman–Crippen LogP) is 1.61. The molecule has 1 amide bonds. The topological polar surface area (TPSA) is 48.5 Å². The van der Waals surface area contributed by atoms with Gasteiger partial charge in [0.05, 0.1) is 0 Å². The minimum Gasteiger partial charge on any atom is -0.355 e. The Morgan fingerprint density at radius 3 is 2.86 bits per heavy atom. The van der Waals surface area contributed by atoms with Crippen LogP contribution in [0.2, 0.25) is 0 Å². The molecule has 1 aliphatic heterocycles. The van der Waals surface area contributed by atoms with Crippen LogP contribution in [0.3, 0.4) is 0 Å². The largest absolute Gasteiger partial charge is 0.355 e. The second kappa shape index (κ2) is 6.89. The molecule has 2 heterocycles. The minimum absolute atomic E-state index is 0.0629. The monoisotopic (exact) mass is 290 g/mol. The molecule has 0 radical (unpaired) electrons. The number of hydrogen-bond acceptors (Lipinski definition) is 4. The first kappa shape index (κ1) is 15.8. The highest BCUT2D eigenvalue weighted by Gasteiger charge is 2.34. The van der Waals surface area contributed by atoms with Crippen LogP contribution in [0.25, 0.3) is 0 Å². The molecule has 0 spiro atoms. The van der Waals surface area contributed by atoms with Gasteiger partial charge in [0, 0.05) is 37.9 Å². The number of rotatable bonds is 5. The van der Waals surface area contributed by atoms with Crippen molar-refractivity contribution in [3.63, 3.8) is 0 Å². The van der Waals surface area contributed by atoms with Crippen LogP contribution in [-0.4, -0.2) is 56.1 Å². The van der Waals surface area contributed by atoms with Gasteiger partial charge in [-0.25, -0.2) is 4.98 Å². The predicted molar refractivity (Wildman–Crippen MR) is 85.7 cm³/mol. The third-order valence-corrected chi connectivity index (χ3v) is 4.29. The van der Waals surface area contributed by atoms with Gasteiger partial charge >= 0.3 is 0 Å². The van der Waals surface area contributed by atoms with E-state index >= 15 is 0 Å². The highest BCUT2D eigenvalue weighted by molar-refractivity contribution is 5.94. The van der Waals surface area contributed by atoms with E-state index in [1.807, 2.05) is 6.07 Å². The number of pyridine rings is 1. The summed E-state index contributed by atoms with van der Waals surface area (Å²) in [7, 11) is 5.94. The Kier molecular flexibility index (Phi) is 5.17. The van der Waals surface area contributed by atoms with Gasteiger partial charge in [-0.3, -0.25) is 4.79 Å². The maximum Gasteiger partial charge on any atom is 0.251 e. The van der Waals surface area contributed by atoms with E-state index in [2.05, 4.69) is 41.1 Å². The number of anilines is 1. The van der Waals surface area contributed by atoms with Crippen molar-refractivity contribution < 1.29 is 4.79 Å². The molecular formula is C16H26N4O. The number of likely N-dealkylation sites (N-methyl/N-ethyl adjacent to an activating group) is 1. The van der Waals surface area contributed by atoms with E-state index < -0.39 is 0 Å². The zero-order valence-corrected chi connectivity index (χ0v) is 13.5. The molecule has 2 atom stereocenters. The van der Waals surface area contributed by atoms with E-state index in [9.17, 15) is 4.79 Å². The lowest BCUT2D eigenvalue weighted by Gasteiger charge is -2.24. The molecule has 1 N–H and O–H groups in total. The Labute approximate surface area is 127 Å². The van der Waals surface area contributed by atoms with Crippen LogP contribution in [0, 0.1) is 5.92 Å². The second-order valence-electron chi connectivity index (χ2n) is 5.97. The lowest BCUT2D eigenvalue weighted by molar-refractivity contribution is 0.0963. The van der Waals surface area contributed by atoms with Gasteiger partial charge in [0.15, 0.2) is 0 Å². The Bertz CT molecular complexity index is 489. The first-order chi connectivity index (χ1) is 10.1. The quantitative estimate of drug-likeness (QED) is 0.895. The molecule has 1 aromatic heterocycles. The van der Waals surface area contributed by atoms with Gasteiger partial charge < -0.3 is 15.1 Å². The summed E-state index contributed by atoms with van der Waals surface area (Å²) in [5.74, 6) is 1.50. The Morgan fingerprint density at radius 2 is 2.24 bits per heavy atom. The van der Waals surface area contributed by atoms with Crippen molar-refractivity contribution in [2.24, 2.45) is 5.92 Å². The second-order valence-corrected chi connectivity index (χ2v) is 5.97. The summed E-state index contributed by atoms with van der Waals surface area (Å²) in [6.07, 6.45) is 4.15. The fourth-order valence-corrected chi connectivity index (χ4v) is 3.16. The molecule has 0 aromatic carbocycles. The Hall–Kier alpha value is -1.62. The third kappa shape index (κ3) is 3.53. The van der Waals surface area contributed by atoms with Crippen LogP contribution in [0.15, 0.2) is 18.3 Å². The Morgan fingerprint density at radius 1 is 1.48 bits per heavy atom. The molecule has 5 nitrogen and oxygen atoms in total. The molecule has 1 fully saturated rings. The summed E-state index contributed by atoms with van der Waals surface area (Å²) in [5.41, 5.74) is 0.669.